The van der Waals surface area contributed by atoms with Gasteiger partial charge in [0.1, 0.15) is 12.4 Å². The molecule has 0 spiro atoms. The maximum absolute atomic E-state index is 6.09. The third kappa shape index (κ3) is 3.34. The molecular weight excluding hydrogens is 290 g/mol. The topological polar surface area (TPSA) is 35.2 Å². The van der Waals surface area contributed by atoms with Gasteiger partial charge in [-0.05, 0) is 36.2 Å². The first-order valence-electron chi connectivity index (χ1n) is 5.86. The van der Waals surface area contributed by atoms with Crippen molar-refractivity contribution in [1.82, 2.24) is 0 Å². The Balaban J connectivity index is 1.99. The number of hydrogen-bond acceptors (Lipinski definition) is 2. The molecule has 0 bridgehead atoms. The molecule has 2 aromatic carbocycles. The minimum absolute atomic E-state index is 0.103. The number of ether oxygens (including phenoxy) is 1. The van der Waals surface area contributed by atoms with Crippen LogP contribution in [0.5, 0.6) is 5.75 Å². The predicted molar refractivity (Wildman–Crippen MR) is 77.7 cm³/mol. The van der Waals surface area contributed by atoms with Crippen LogP contribution in [0.2, 0.25) is 0 Å². The molecule has 0 amide bonds. The molecule has 94 valence electrons. The van der Waals surface area contributed by atoms with E-state index < -0.39 is 0 Å². The zero-order valence-electron chi connectivity index (χ0n) is 10.3. The Bertz CT molecular complexity index is 513. The number of rotatable bonds is 4. The standard InChI is InChI=1S/C15H16BrNO/c1-11-9-13(16)7-8-15(11)18-10-14(17)12-5-3-2-4-6-12/h2-9,14H,10,17H2,1H3. The monoisotopic (exact) mass is 305 g/mol. The highest BCUT2D eigenvalue weighted by molar-refractivity contribution is 9.10. The van der Waals surface area contributed by atoms with E-state index in [0.717, 1.165) is 21.3 Å². The zero-order chi connectivity index (χ0) is 13.0. The van der Waals surface area contributed by atoms with Crippen LogP contribution in [0.4, 0.5) is 0 Å². The summed E-state index contributed by atoms with van der Waals surface area (Å²) in [6.07, 6.45) is 0. The highest BCUT2D eigenvalue weighted by Crippen LogP contribution is 2.23. The summed E-state index contributed by atoms with van der Waals surface area (Å²) in [4.78, 5) is 0. The lowest BCUT2D eigenvalue weighted by molar-refractivity contribution is 0.289. The van der Waals surface area contributed by atoms with Gasteiger partial charge in [-0.3, -0.25) is 0 Å². The lowest BCUT2D eigenvalue weighted by Gasteiger charge is -2.15. The molecule has 1 atom stereocenters. The van der Waals surface area contributed by atoms with Crippen LogP contribution >= 0.6 is 15.9 Å². The van der Waals surface area contributed by atoms with Gasteiger partial charge in [0, 0.05) is 4.47 Å². The number of hydrogen-bond donors (Lipinski definition) is 1. The summed E-state index contributed by atoms with van der Waals surface area (Å²) in [7, 11) is 0. The van der Waals surface area contributed by atoms with Crippen molar-refractivity contribution in [1.29, 1.82) is 0 Å². The van der Waals surface area contributed by atoms with E-state index in [2.05, 4.69) is 15.9 Å². The van der Waals surface area contributed by atoms with Gasteiger partial charge in [-0.25, -0.2) is 0 Å². The summed E-state index contributed by atoms with van der Waals surface area (Å²) >= 11 is 3.43. The molecule has 2 N–H and O–H groups in total. The first-order valence-corrected chi connectivity index (χ1v) is 6.65. The van der Waals surface area contributed by atoms with Crippen molar-refractivity contribution in [2.45, 2.75) is 13.0 Å². The molecular formula is C15H16BrNO. The minimum atomic E-state index is -0.103. The van der Waals surface area contributed by atoms with Crippen molar-refractivity contribution in [3.63, 3.8) is 0 Å². The smallest absolute Gasteiger partial charge is 0.122 e. The highest BCUT2D eigenvalue weighted by Gasteiger charge is 2.07. The van der Waals surface area contributed by atoms with Gasteiger partial charge in [0.15, 0.2) is 0 Å². The van der Waals surface area contributed by atoms with Crippen LogP contribution in [0.25, 0.3) is 0 Å². The molecule has 1 unspecified atom stereocenters. The van der Waals surface area contributed by atoms with E-state index in [-0.39, 0.29) is 6.04 Å². The Hall–Kier alpha value is -1.32. The Morgan fingerprint density at radius 2 is 1.89 bits per heavy atom. The second-order valence-electron chi connectivity index (χ2n) is 4.24. The Morgan fingerprint density at radius 3 is 2.56 bits per heavy atom. The average molecular weight is 306 g/mol. The van der Waals surface area contributed by atoms with Crippen LogP contribution in [0, 0.1) is 6.92 Å². The van der Waals surface area contributed by atoms with E-state index in [4.69, 9.17) is 10.5 Å². The Labute approximate surface area is 116 Å². The third-order valence-electron chi connectivity index (χ3n) is 2.78. The molecule has 0 saturated heterocycles. The molecule has 0 heterocycles. The number of nitrogens with two attached hydrogens (primary N) is 1. The van der Waals surface area contributed by atoms with Gasteiger partial charge >= 0.3 is 0 Å². The number of benzene rings is 2. The van der Waals surface area contributed by atoms with Crippen LogP contribution in [-0.4, -0.2) is 6.61 Å². The lowest BCUT2D eigenvalue weighted by Crippen LogP contribution is -2.19. The van der Waals surface area contributed by atoms with Crippen molar-refractivity contribution in [3.05, 3.63) is 64.1 Å². The number of halogens is 1. The predicted octanol–water partition coefficient (Wildman–Crippen LogP) is 3.84. The summed E-state index contributed by atoms with van der Waals surface area (Å²) in [6.45, 7) is 2.50. The van der Waals surface area contributed by atoms with E-state index in [1.165, 1.54) is 0 Å². The van der Waals surface area contributed by atoms with Gasteiger partial charge in [-0.2, -0.15) is 0 Å². The summed E-state index contributed by atoms with van der Waals surface area (Å²) in [6, 6.07) is 15.8. The molecule has 2 rings (SSSR count). The lowest BCUT2D eigenvalue weighted by atomic mass is 10.1. The SMILES string of the molecule is Cc1cc(Br)ccc1OCC(N)c1ccccc1. The van der Waals surface area contributed by atoms with E-state index in [1.807, 2.05) is 55.5 Å². The Morgan fingerprint density at radius 1 is 1.17 bits per heavy atom. The molecule has 0 aliphatic heterocycles. The maximum Gasteiger partial charge on any atom is 0.122 e. The van der Waals surface area contributed by atoms with E-state index in [0.29, 0.717) is 6.61 Å². The fraction of sp³-hybridized carbons (Fsp3) is 0.200. The van der Waals surface area contributed by atoms with Gasteiger partial charge in [0.25, 0.3) is 0 Å². The normalized spacial score (nSPS) is 12.2. The summed E-state index contributed by atoms with van der Waals surface area (Å²) < 4.78 is 6.82. The van der Waals surface area contributed by atoms with Crippen LogP contribution < -0.4 is 10.5 Å². The minimum Gasteiger partial charge on any atom is -0.491 e. The highest BCUT2D eigenvalue weighted by atomic mass is 79.9. The van der Waals surface area contributed by atoms with Crippen molar-refractivity contribution >= 4 is 15.9 Å². The van der Waals surface area contributed by atoms with E-state index in [1.54, 1.807) is 0 Å². The molecule has 0 saturated carbocycles. The molecule has 0 fully saturated rings. The van der Waals surface area contributed by atoms with Crippen LogP contribution in [0.15, 0.2) is 53.0 Å². The first-order chi connectivity index (χ1) is 8.66. The molecule has 0 aliphatic carbocycles. The van der Waals surface area contributed by atoms with Crippen molar-refractivity contribution < 1.29 is 4.74 Å². The molecule has 0 aliphatic rings. The summed E-state index contributed by atoms with van der Waals surface area (Å²) in [5, 5.41) is 0. The van der Waals surface area contributed by atoms with E-state index >= 15 is 0 Å². The second kappa shape index (κ2) is 6.03. The van der Waals surface area contributed by atoms with Crippen molar-refractivity contribution in [3.8, 4) is 5.75 Å². The largest absolute Gasteiger partial charge is 0.491 e. The zero-order valence-corrected chi connectivity index (χ0v) is 11.9. The van der Waals surface area contributed by atoms with Gasteiger partial charge in [0.2, 0.25) is 0 Å². The quantitative estimate of drug-likeness (QED) is 0.931. The fourth-order valence-corrected chi connectivity index (χ4v) is 2.23. The van der Waals surface area contributed by atoms with Crippen LogP contribution in [0.3, 0.4) is 0 Å². The second-order valence-corrected chi connectivity index (χ2v) is 5.15. The van der Waals surface area contributed by atoms with E-state index in [9.17, 15) is 0 Å². The molecule has 0 aromatic heterocycles. The van der Waals surface area contributed by atoms with Gasteiger partial charge in [-0.1, -0.05) is 46.3 Å². The van der Waals surface area contributed by atoms with Crippen molar-refractivity contribution in [2.75, 3.05) is 6.61 Å². The first kappa shape index (κ1) is 13.1. The van der Waals surface area contributed by atoms with Gasteiger partial charge in [0.05, 0.1) is 6.04 Å². The van der Waals surface area contributed by atoms with Crippen LogP contribution in [0.1, 0.15) is 17.2 Å². The van der Waals surface area contributed by atoms with Crippen LogP contribution in [-0.2, 0) is 0 Å². The third-order valence-corrected chi connectivity index (χ3v) is 3.28. The summed E-state index contributed by atoms with van der Waals surface area (Å²) in [5.41, 5.74) is 8.28. The molecule has 3 heteroatoms. The maximum atomic E-state index is 6.09. The van der Waals surface area contributed by atoms with Gasteiger partial charge in [-0.15, -0.1) is 0 Å². The Kier molecular flexibility index (Phi) is 4.39. The molecule has 0 radical (unpaired) electrons. The summed E-state index contributed by atoms with van der Waals surface area (Å²) in [5.74, 6) is 0.879. The molecule has 2 aromatic rings. The fourth-order valence-electron chi connectivity index (χ4n) is 1.75. The molecule has 2 nitrogen and oxygen atoms in total. The molecule has 18 heavy (non-hydrogen) atoms. The number of aryl methyl sites for hydroxylation is 1. The van der Waals surface area contributed by atoms with Gasteiger partial charge < -0.3 is 10.5 Å². The van der Waals surface area contributed by atoms with Crippen molar-refractivity contribution in [2.24, 2.45) is 5.73 Å². The average Bonchev–Trinajstić information content (AvgIpc) is 2.38.